The normalized spacial score (nSPS) is 16.2. The molecule has 2 rings (SSSR count). The monoisotopic (exact) mass is 309 g/mol. The van der Waals surface area contributed by atoms with Crippen LogP contribution in [0.25, 0.3) is 0 Å². The Morgan fingerprint density at radius 3 is 2.39 bits per heavy atom. The minimum Gasteiger partial charge on any atom is -0.489 e. The van der Waals surface area contributed by atoms with Crippen LogP contribution in [0, 0.1) is 13.8 Å². The zero-order valence-electron chi connectivity index (χ0n) is 10.6. The number of piperidine rings is 1. The second-order valence-electron chi connectivity index (χ2n) is 4.51. The highest BCUT2D eigenvalue weighted by Gasteiger charge is 2.18. The van der Waals surface area contributed by atoms with Gasteiger partial charge in [-0.25, -0.2) is 0 Å². The van der Waals surface area contributed by atoms with Crippen molar-refractivity contribution in [3.8, 4) is 5.75 Å². The smallest absolute Gasteiger partial charge is 0.138 e. The van der Waals surface area contributed by atoms with Crippen LogP contribution in [0.1, 0.15) is 24.0 Å². The summed E-state index contributed by atoms with van der Waals surface area (Å²) in [6.07, 6.45) is 2.31. The van der Waals surface area contributed by atoms with Crippen molar-refractivity contribution in [1.29, 1.82) is 0 Å². The number of benzene rings is 1. The van der Waals surface area contributed by atoms with Crippen molar-refractivity contribution in [2.45, 2.75) is 32.8 Å². The van der Waals surface area contributed by atoms with Gasteiger partial charge in [-0.05, 0) is 57.0 Å². The van der Waals surface area contributed by atoms with E-state index in [1.807, 2.05) is 19.9 Å². The molecule has 0 bridgehead atoms. The Morgan fingerprint density at radius 1 is 1.17 bits per heavy atom. The molecule has 102 valence electrons. The van der Waals surface area contributed by atoms with Crippen LogP contribution in [0.15, 0.2) is 6.07 Å². The highest BCUT2D eigenvalue weighted by molar-refractivity contribution is 6.37. The van der Waals surface area contributed by atoms with Crippen LogP contribution in [0.3, 0.4) is 0 Å². The van der Waals surface area contributed by atoms with Crippen molar-refractivity contribution >= 4 is 35.6 Å². The van der Waals surface area contributed by atoms with Gasteiger partial charge in [-0.15, -0.1) is 12.4 Å². The molecule has 0 saturated carbocycles. The second kappa shape index (κ2) is 6.85. The lowest BCUT2D eigenvalue weighted by atomic mass is 10.1. The molecule has 1 heterocycles. The summed E-state index contributed by atoms with van der Waals surface area (Å²) in [6, 6.07) is 1.93. The summed E-state index contributed by atoms with van der Waals surface area (Å²) in [5.41, 5.74) is 1.91. The average molecular weight is 311 g/mol. The van der Waals surface area contributed by atoms with E-state index in [2.05, 4.69) is 5.32 Å². The maximum atomic E-state index is 6.26. The van der Waals surface area contributed by atoms with Crippen LogP contribution < -0.4 is 10.1 Å². The number of ether oxygens (including phenoxy) is 1. The van der Waals surface area contributed by atoms with E-state index < -0.39 is 0 Å². The van der Waals surface area contributed by atoms with Gasteiger partial charge in [0.2, 0.25) is 0 Å². The molecule has 0 atom stereocenters. The maximum Gasteiger partial charge on any atom is 0.138 e. The zero-order valence-corrected chi connectivity index (χ0v) is 12.9. The Balaban J connectivity index is 0.00000162. The van der Waals surface area contributed by atoms with Crippen LogP contribution in [0.2, 0.25) is 10.0 Å². The molecule has 1 aromatic carbocycles. The van der Waals surface area contributed by atoms with Crippen molar-refractivity contribution in [1.82, 2.24) is 5.32 Å². The van der Waals surface area contributed by atoms with Gasteiger partial charge in [0, 0.05) is 5.02 Å². The molecule has 2 nitrogen and oxygen atoms in total. The summed E-state index contributed by atoms with van der Waals surface area (Å²) in [4.78, 5) is 0. The van der Waals surface area contributed by atoms with E-state index in [0.29, 0.717) is 5.02 Å². The van der Waals surface area contributed by atoms with Gasteiger partial charge in [0.1, 0.15) is 11.9 Å². The Hall–Kier alpha value is -0.150. The van der Waals surface area contributed by atoms with Crippen LogP contribution >= 0.6 is 35.6 Å². The summed E-state index contributed by atoms with van der Waals surface area (Å²) in [7, 11) is 0. The van der Waals surface area contributed by atoms with Crippen LogP contribution in [0.5, 0.6) is 5.75 Å². The molecule has 5 heteroatoms. The average Bonchev–Trinajstić information content (AvgIpc) is 2.35. The molecule has 0 unspecified atom stereocenters. The lowest BCUT2D eigenvalue weighted by molar-refractivity contribution is 0.162. The first-order chi connectivity index (χ1) is 8.09. The fourth-order valence-corrected chi connectivity index (χ4v) is 2.47. The van der Waals surface area contributed by atoms with E-state index in [1.54, 1.807) is 0 Å². The zero-order chi connectivity index (χ0) is 12.4. The summed E-state index contributed by atoms with van der Waals surface area (Å²) in [6.45, 7) is 5.91. The molecular weight excluding hydrogens is 293 g/mol. The standard InChI is InChI=1S/C13H17Cl2NO.ClH/c1-8-7-11(13(15)9(2)12(8)14)17-10-3-5-16-6-4-10;/h7,10,16H,3-6H2,1-2H3;1H. The van der Waals surface area contributed by atoms with Gasteiger partial charge < -0.3 is 10.1 Å². The first-order valence-electron chi connectivity index (χ1n) is 5.92. The van der Waals surface area contributed by atoms with Crippen molar-refractivity contribution in [2.75, 3.05) is 13.1 Å². The topological polar surface area (TPSA) is 21.3 Å². The number of hydrogen-bond acceptors (Lipinski definition) is 2. The van der Waals surface area contributed by atoms with Crippen LogP contribution in [0.4, 0.5) is 0 Å². The predicted molar refractivity (Wildman–Crippen MR) is 79.7 cm³/mol. The molecule has 1 fully saturated rings. The van der Waals surface area contributed by atoms with E-state index in [4.69, 9.17) is 27.9 Å². The molecule has 18 heavy (non-hydrogen) atoms. The van der Waals surface area contributed by atoms with E-state index in [0.717, 1.165) is 47.8 Å². The third-order valence-corrected chi connectivity index (χ3v) is 4.20. The fourth-order valence-electron chi connectivity index (χ4n) is 2.08. The Bertz CT molecular complexity index is 417. The second-order valence-corrected chi connectivity index (χ2v) is 5.27. The van der Waals surface area contributed by atoms with Gasteiger partial charge in [0.25, 0.3) is 0 Å². The van der Waals surface area contributed by atoms with Crippen molar-refractivity contribution in [2.24, 2.45) is 0 Å². The summed E-state index contributed by atoms with van der Waals surface area (Å²) in [5, 5.41) is 4.68. The molecule has 0 aliphatic carbocycles. The lowest BCUT2D eigenvalue weighted by Gasteiger charge is -2.25. The highest BCUT2D eigenvalue weighted by atomic mass is 35.5. The quantitative estimate of drug-likeness (QED) is 0.885. The molecule has 1 aliphatic rings. The van der Waals surface area contributed by atoms with Gasteiger partial charge in [0.15, 0.2) is 0 Å². The number of halogens is 3. The van der Waals surface area contributed by atoms with Crippen LogP contribution in [-0.2, 0) is 0 Å². The minimum atomic E-state index is 0. The number of aryl methyl sites for hydroxylation is 1. The highest BCUT2D eigenvalue weighted by Crippen LogP contribution is 2.36. The van der Waals surface area contributed by atoms with Crippen molar-refractivity contribution in [3.05, 3.63) is 27.2 Å². The Labute approximate surface area is 124 Å². The summed E-state index contributed by atoms with van der Waals surface area (Å²) in [5.74, 6) is 0.762. The van der Waals surface area contributed by atoms with Gasteiger partial charge in [0.05, 0.1) is 5.02 Å². The van der Waals surface area contributed by atoms with Crippen molar-refractivity contribution < 1.29 is 4.74 Å². The third-order valence-electron chi connectivity index (χ3n) is 3.15. The lowest BCUT2D eigenvalue weighted by Crippen LogP contribution is -2.34. The van der Waals surface area contributed by atoms with E-state index in [9.17, 15) is 0 Å². The first kappa shape index (κ1) is 15.9. The Morgan fingerprint density at radius 2 is 1.78 bits per heavy atom. The van der Waals surface area contributed by atoms with E-state index in [1.165, 1.54) is 0 Å². The van der Waals surface area contributed by atoms with Gasteiger partial charge >= 0.3 is 0 Å². The third kappa shape index (κ3) is 3.45. The maximum absolute atomic E-state index is 6.26. The largest absolute Gasteiger partial charge is 0.489 e. The van der Waals surface area contributed by atoms with Gasteiger partial charge in [-0.1, -0.05) is 23.2 Å². The molecular formula is C13H18Cl3NO. The van der Waals surface area contributed by atoms with Crippen molar-refractivity contribution in [3.63, 3.8) is 0 Å². The first-order valence-corrected chi connectivity index (χ1v) is 6.67. The molecule has 0 radical (unpaired) electrons. The molecule has 1 saturated heterocycles. The Kier molecular flexibility index (Phi) is 6.06. The van der Waals surface area contributed by atoms with E-state index in [-0.39, 0.29) is 18.5 Å². The molecule has 1 aliphatic heterocycles. The molecule has 0 amide bonds. The number of hydrogen-bond donors (Lipinski definition) is 1. The molecule has 1 N–H and O–H groups in total. The van der Waals surface area contributed by atoms with Gasteiger partial charge in [-0.3, -0.25) is 0 Å². The molecule has 0 spiro atoms. The minimum absolute atomic E-state index is 0. The molecule has 1 aromatic rings. The summed E-state index contributed by atoms with van der Waals surface area (Å²) < 4.78 is 5.97. The van der Waals surface area contributed by atoms with E-state index >= 15 is 0 Å². The molecule has 0 aromatic heterocycles. The van der Waals surface area contributed by atoms with Crippen LogP contribution in [-0.4, -0.2) is 19.2 Å². The number of rotatable bonds is 2. The number of nitrogens with one attached hydrogen (secondary N) is 1. The summed E-state index contributed by atoms with van der Waals surface area (Å²) >= 11 is 12.4. The fraction of sp³-hybridized carbons (Fsp3) is 0.538. The SMILES string of the molecule is Cc1cc(OC2CCNCC2)c(Cl)c(C)c1Cl.Cl. The van der Waals surface area contributed by atoms with Gasteiger partial charge in [-0.2, -0.15) is 0 Å². The predicted octanol–water partition coefficient (Wildman–Crippen LogP) is 4.16.